The molecule has 0 saturated heterocycles. The molecule has 3 amide bonds. The van der Waals surface area contributed by atoms with Crippen LogP contribution in [0, 0.1) is 5.92 Å². The third kappa shape index (κ3) is 7.40. The zero-order valence-electron chi connectivity index (χ0n) is 18.4. The van der Waals surface area contributed by atoms with E-state index in [1.54, 1.807) is 24.3 Å². The number of sulfonamides is 1. The number of nitrogens with one attached hydrogen (secondary N) is 4. The second kappa shape index (κ2) is 11.1. The number of anilines is 2. The van der Waals surface area contributed by atoms with Gasteiger partial charge in [0.15, 0.2) is 0 Å². The Bertz CT molecular complexity index is 1090. The molecule has 4 N–H and O–H groups in total. The smallest absolute Gasteiger partial charge is 0.251 e. The van der Waals surface area contributed by atoms with Gasteiger partial charge in [-0.1, -0.05) is 6.92 Å². The molecule has 0 radical (unpaired) electrons. The van der Waals surface area contributed by atoms with Gasteiger partial charge >= 0.3 is 0 Å². The van der Waals surface area contributed by atoms with Crippen molar-refractivity contribution < 1.29 is 22.8 Å². The van der Waals surface area contributed by atoms with Gasteiger partial charge < -0.3 is 16.0 Å². The van der Waals surface area contributed by atoms with Gasteiger partial charge in [-0.3, -0.25) is 14.4 Å². The molecule has 2 aromatic carbocycles. The van der Waals surface area contributed by atoms with Gasteiger partial charge in [0.05, 0.1) is 4.90 Å². The van der Waals surface area contributed by atoms with Crippen LogP contribution in [0.4, 0.5) is 11.4 Å². The fourth-order valence-corrected chi connectivity index (χ4v) is 4.04. The molecule has 1 aliphatic rings. The van der Waals surface area contributed by atoms with Crippen LogP contribution >= 0.6 is 0 Å². The van der Waals surface area contributed by atoms with E-state index in [-0.39, 0.29) is 41.6 Å². The van der Waals surface area contributed by atoms with E-state index in [9.17, 15) is 22.8 Å². The van der Waals surface area contributed by atoms with Gasteiger partial charge in [-0.05, 0) is 67.8 Å². The Labute approximate surface area is 193 Å². The molecule has 1 fully saturated rings. The zero-order chi connectivity index (χ0) is 23.8. The highest BCUT2D eigenvalue weighted by Gasteiger charge is 2.29. The van der Waals surface area contributed by atoms with Crippen molar-refractivity contribution in [2.45, 2.75) is 37.5 Å². The van der Waals surface area contributed by atoms with Gasteiger partial charge in [-0.2, -0.15) is 0 Å². The minimum absolute atomic E-state index is 0.00429. The van der Waals surface area contributed by atoms with Crippen molar-refractivity contribution in [3.63, 3.8) is 0 Å². The highest BCUT2D eigenvalue weighted by atomic mass is 32.2. The van der Waals surface area contributed by atoms with Gasteiger partial charge in [-0.15, -0.1) is 0 Å². The van der Waals surface area contributed by atoms with Gasteiger partial charge in [0.25, 0.3) is 5.91 Å². The fraction of sp³-hybridized carbons (Fsp3) is 0.348. The molecule has 33 heavy (non-hydrogen) atoms. The Kier molecular flexibility index (Phi) is 8.18. The largest absolute Gasteiger partial charge is 0.351 e. The van der Waals surface area contributed by atoms with E-state index in [1.165, 1.54) is 24.3 Å². The summed E-state index contributed by atoms with van der Waals surface area (Å²) >= 11 is 0. The van der Waals surface area contributed by atoms with Crippen LogP contribution in [-0.2, 0) is 19.6 Å². The van der Waals surface area contributed by atoms with E-state index < -0.39 is 10.0 Å². The van der Waals surface area contributed by atoms with Crippen molar-refractivity contribution in [2.24, 2.45) is 5.92 Å². The molecule has 1 saturated carbocycles. The summed E-state index contributed by atoms with van der Waals surface area (Å²) < 4.78 is 27.3. The van der Waals surface area contributed by atoms with E-state index in [2.05, 4.69) is 20.7 Å². The molecule has 3 rings (SSSR count). The summed E-state index contributed by atoms with van der Waals surface area (Å²) in [5.41, 5.74) is 1.56. The second-order valence-corrected chi connectivity index (χ2v) is 9.58. The molecule has 0 aromatic heterocycles. The Morgan fingerprint density at radius 2 is 1.48 bits per heavy atom. The maximum Gasteiger partial charge on any atom is 0.251 e. The molecule has 10 heteroatoms. The first-order valence-corrected chi connectivity index (χ1v) is 12.4. The van der Waals surface area contributed by atoms with Crippen LogP contribution in [-0.4, -0.2) is 39.2 Å². The predicted molar refractivity (Wildman–Crippen MR) is 125 cm³/mol. The van der Waals surface area contributed by atoms with Gasteiger partial charge in [0.1, 0.15) is 0 Å². The van der Waals surface area contributed by atoms with Crippen LogP contribution in [0.15, 0.2) is 53.4 Å². The quantitative estimate of drug-likeness (QED) is 0.373. The number of carbonyl (C=O) groups is 3. The Balaban J connectivity index is 1.43. The van der Waals surface area contributed by atoms with Gasteiger partial charge in [0.2, 0.25) is 21.8 Å². The number of benzene rings is 2. The number of hydrogen-bond donors (Lipinski definition) is 4. The average molecular weight is 473 g/mol. The molecular weight excluding hydrogens is 444 g/mol. The summed E-state index contributed by atoms with van der Waals surface area (Å²) in [4.78, 5) is 35.7. The van der Waals surface area contributed by atoms with E-state index >= 15 is 0 Å². The third-order valence-corrected chi connectivity index (χ3v) is 6.47. The second-order valence-electron chi connectivity index (χ2n) is 7.82. The lowest BCUT2D eigenvalue weighted by Gasteiger charge is -2.10. The maximum absolute atomic E-state index is 12.4. The summed E-state index contributed by atoms with van der Waals surface area (Å²) in [6, 6.07) is 12.4. The molecule has 0 bridgehead atoms. The minimum Gasteiger partial charge on any atom is -0.351 e. The monoisotopic (exact) mass is 472 g/mol. The minimum atomic E-state index is -3.75. The third-order valence-electron chi connectivity index (χ3n) is 4.99. The first-order valence-electron chi connectivity index (χ1n) is 10.9. The number of rotatable bonds is 11. The molecule has 0 spiro atoms. The number of hydrogen-bond acceptors (Lipinski definition) is 5. The standard InChI is InChI=1S/C23H28N4O5S/c1-2-3-21(28)26-18-10-12-20(13-11-18)33(31,32)25-15-14-24-22(29)16-6-8-19(9-7-16)27-23(30)17-4-5-17/h6-13,17,25H,2-5,14-15H2,1H3,(H,24,29)(H,26,28)(H,27,30). The van der Waals surface area contributed by atoms with Crippen molar-refractivity contribution in [3.8, 4) is 0 Å². The van der Waals surface area contributed by atoms with Crippen molar-refractivity contribution >= 4 is 39.1 Å². The Morgan fingerprint density at radius 3 is 2.09 bits per heavy atom. The van der Waals surface area contributed by atoms with Crippen molar-refractivity contribution in [2.75, 3.05) is 23.7 Å². The lowest BCUT2D eigenvalue weighted by Crippen LogP contribution is -2.34. The summed E-state index contributed by atoms with van der Waals surface area (Å²) in [5.74, 6) is -0.377. The van der Waals surface area contributed by atoms with Gasteiger partial charge in [-0.25, -0.2) is 13.1 Å². The zero-order valence-corrected chi connectivity index (χ0v) is 19.2. The molecular formula is C23H28N4O5S. The first-order chi connectivity index (χ1) is 15.8. The number of amides is 3. The van der Waals surface area contributed by atoms with E-state index in [1.807, 2.05) is 6.92 Å². The topological polar surface area (TPSA) is 133 Å². The fourth-order valence-electron chi connectivity index (χ4n) is 3.01. The molecule has 0 aliphatic heterocycles. The van der Waals surface area contributed by atoms with Crippen molar-refractivity contribution in [3.05, 3.63) is 54.1 Å². The van der Waals surface area contributed by atoms with E-state index in [4.69, 9.17) is 0 Å². The van der Waals surface area contributed by atoms with E-state index in [0.717, 1.165) is 19.3 Å². The van der Waals surface area contributed by atoms with Crippen molar-refractivity contribution in [1.29, 1.82) is 0 Å². The van der Waals surface area contributed by atoms with Crippen LogP contribution in [0.3, 0.4) is 0 Å². The first kappa shape index (κ1) is 24.4. The molecule has 176 valence electrons. The van der Waals surface area contributed by atoms with Crippen LogP contribution in [0.25, 0.3) is 0 Å². The van der Waals surface area contributed by atoms with Gasteiger partial charge in [0, 0.05) is 42.4 Å². The Hall–Kier alpha value is -3.24. The summed E-state index contributed by atoms with van der Waals surface area (Å²) in [6.07, 6.45) is 2.95. The summed E-state index contributed by atoms with van der Waals surface area (Å²) in [7, 11) is -3.75. The van der Waals surface area contributed by atoms with Crippen LogP contribution in [0.1, 0.15) is 43.0 Å². The number of carbonyl (C=O) groups excluding carboxylic acids is 3. The molecule has 2 aromatic rings. The maximum atomic E-state index is 12.4. The molecule has 1 aliphatic carbocycles. The predicted octanol–water partition coefficient (Wildman–Crippen LogP) is 2.48. The highest BCUT2D eigenvalue weighted by Crippen LogP contribution is 2.30. The molecule has 9 nitrogen and oxygen atoms in total. The SMILES string of the molecule is CCCC(=O)Nc1ccc(S(=O)(=O)NCCNC(=O)c2ccc(NC(=O)C3CC3)cc2)cc1. The molecule has 0 heterocycles. The highest BCUT2D eigenvalue weighted by molar-refractivity contribution is 7.89. The summed E-state index contributed by atoms with van der Waals surface area (Å²) in [6.45, 7) is 2.01. The van der Waals surface area contributed by atoms with Crippen LogP contribution in [0.2, 0.25) is 0 Å². The molecule has 0 atom stereocenters. The lowest BCUT2D eigenvalue weighted by molar-refractivity contribution is -0.117. The lowest BCUT2D eigenvalue weighted by atomic mass is 10.2. The van der Waals surface area contributed by atoms with Crippen molar-refractivity contribution in [1.82, 2.24) is 10.0 Å². The van der Waals surface area contributed by atoms with Crippen LogP contribution < -0.4 is 20.7 Å². The van der Waals surface area contributed by atoms with E-state index in [0.29, 0.717) is 23.4 Å². The molecule has 0 unspecified atom stereocenters. The normalized spacial score (nSPS) is 13.2. The average Bonchev–Trinajstić information content (AvgIpc) is 3.63. The van der Waals surface area contributed by atoms with Crippen LogP contribution in [0.5, 0.6) is 0 Å². The summed E-state index contributed by atoms with van der Waals surface area (Å²) in [5, 5.41) is 8.16. The Morgan fingerprint density at radius 1 is 0.879 bits per heavy atom.